The highest BCUT2D eigenvalue weighted by atomic mass is 16.8. The number of hydrogen-bond acceptors (Lipinski definition) is 37. The lowest BCUT2D eigenvalue weighted by Gasteiger charge is -2.52. The van der Waals surface area contributed by atoms with Crippen LogP contribution in [-0.2, 0) is 175 Å². The van der Waals surface area contributed by atoms with E-state index in [1.807, 2.05) is 0 Å². The van der Waals surface area contributed by atoms with Crippen LogP contribution in [0.15, 0.2) is 0 Å². The first kappa shape index (κ1) is 85.7. The second-order valence-corrected chi connectivity index (χ2v) is 25.1. The predicted molar refractivity (Wildman–Crippen MR) is 340 cm³/mol. The average molecular weight is 1490 g/mol. The van der Waals surface area contributed by atoms with E-state index >= 15 is 0 Å². The molecule has 21 aliphatic rings. The zero-order valence-electron chi connectivity index (χ0n) is 62.5. The van der Waals surface area contributed by atoms with Crippen LogP contribution >= 0.6 is 0 Å². The van der Waals surface area contributed by atoms with Crippen molar-refractivity contribution in [3.05, 3.63) is 0 Å². The van der Waals surface area contributed by atoms with Gasteiger partial charge in [-0.25, -0.2) is 4.79 Å². The second-order valence-electron chi connectivity index (χ2n) is 25.1. The number of carbonyl (C=O) groups is 1. The van der Waals surface area contributed by atoms with Crippen LogP contribution in [0.4, 0.5) is 0 Å². The SMILES string of the molecule is COC[C@H]1O[C@@H]2O[C@H]3[C@H](OC)[C@@H](OC)[C@@H](O[C@H]4[C@H](OC)[C@@H](OC)[C@@H](O[C@H]5[C@H](OC)[C@@H](OC)[C@@H](O[C@H]6[C@H](OC)[C@@H](OC)[C@@H](O[C@H]7[C@H](OC)[C@@H](OC)[C@@H](O[C@H]8[C@H](OC)[C@@H](OC)[C@@H](O[C@H]1[C@H](OC)[C@H]2OC)O[C@@H]8COC)O[C@@H]7COC)O[C@@H]6COC)O[C@@H]5COCC(=O)OC)O[C@@H]4COC)O[C@@H]3COC. The fourth-order valence-electron chi connectivity index (χ4n) is 15.0. The van der Waals surface area contributed by atoms with Gasteiger partial charge in [-0.1, -0.05) is 0 Å². The van der Waals surface area contributed by atoms with Crippen molar-refractivity contribution in [1.82, 2.24) is 0 Å². The Hall–Kier alpha value is -1.93. The molecule has 0 aromatic carbocycles. The Bertz CT molecular complexity index is 2330. The zero-order chi connectivity index (χ0) is 73.9. The fourth-order valence-corrected chi connectivity index (χ4v) is 15.0. The van der Waals surface area contributed by atoms with Crippen LogP contribution in [-0.4, -0.2) is 423 Å². The number of ether oxygens (including phenoxy) is 36. The monoisotopic (exact) mass is 1490 g/mol. The first-order valence-corrected chi connectivity index (χ1v) is 33.7. The molecule has 21 saturated heterocycles. The number of methoxy groups -OCH3 is 21. The van der Waals surface area contributed by atoms with Crippen LogP contribution in [0.2, 0.25) is 0 Å². The molecular formula is C65H114O37. The molecule has 35 atom stereocenters. The minimum absolute atomic E-state index is 0.0537. The maximum Gasteiger partial charge on any atom is 0.331 e. The lowest BCUT2D eigenvalue weighted by atomic mass is 9.94. The number of esters is 1. The van der Waals surface area contributed by atoms with Gasteiger partial charge in [-0.05, 0) is 0 Å². The molecule has 21 fully saturated rings. The molecule has 21 heterocycles. The third kappa shape index (κ3) is 19.1. The maximum atomic E-state index is 12.7. The van der Waals surface area contributed by atoms with E-state index in [1.54, 1.807) is 0 Å². The summed E-state index contributed by atoms with van der Waals surface area (Å²) in [5.41, 5.74) is 0. The van der Waals surface area contributed by atoms with Crippen molar-refractivity contribution >= 4 is 5.97 Å². The van der Waals surface area contributed by atoms with Crippen molar-refractivity contribution in [3.8, 4) is 0 Å². The van der Waals surface area contributed by atoms with Gasteiger partial charge in [0, 0.05) is 142 Å². The van der Waals surface area contributed by atoms with E-state index in [1.165, 1.54) is 149 Å². The van der Waals surface area contributed by atoms with E-state index in [0.29, 0.717) is 0 Å². The van der Waals surface area contributed by atoms with Gasteiger partial charge in [0.15, 0.2) is 44.0 Å². The Morgan fingerprint density at radius 2 is 0.353 bits per heavy atom. The lowest BCUT2D eigenvalue weighted by Crippen LogP contribution is -2.69. The molecule has 0 spiro atoms. The zero-order valence-corrected chi connectivity index (χ0v) is 62.5. The van der Waals surface area contributed by atoms with Gasteiger partial charge in [0.1, 0.15) is 178 Å². The average Bonchev–Trinajstić information content (AvgIpc) is 0.767. The molecule has 0 N–H and O–H groups in total. The quantitative estimate of drug-likeness (QED) is 0.0705. The van der Waals surface area contributed by atoms with Crippen LogP contribution < -0.4 is 0 Å². The lowest BCUT2D eigenvalue weighted by molar-refractivity contribution is -0.402. The molecule has 21 rings (SSSR count). The van der Waals surface area contributed by atoms with E-state index in [-0.39, 0.29) is 46.2 Å². The molecule has 0 aliphatic carbocycles. The van der Waals surface area contributed by atoms with Crippen molar-refractivity contribution in [2.75, 3.05) is 202 Å². The van der Waals surface area contributed by atoms with Crippen molar-refractivity contribution in [2.45, 2.75) is 215 Å². The summed E-state index contributed by atoms with van der Waals surface area (Å²) >= 11 is 0. The molecule has 37 heteroatoms. The Balaban J connectivity index is 1.25. The molecule has 596 valence electrons. The first-order valence-electron chi connectivity index (χ1n) is 33.7. The molecule has 37 nitrogen and oxygen atoms in total. The van der Waals surface area contributed by atoms with E-state index in [2.05, 4.69) is 0 Å². The number of hydrogen-bond donors (Lipinski definition) is 0. The molecule has 102 heavy (non-hydrogen) atoms. The summed E-state index contributed by atoms with van der Waals surface area (Å²) in [5, 5.41) is 0. The van der Waals surface area contributed by atoms with Gasteiger partial charge in [-0.15, -0.1) is 0 Å². The van der Waals surface area contributed by atoms with Gasteiger partial charge in [0.25, 0.3) is 0 Å². The topological polar surface area (TPSA) is 349 Å². The highest BCUT2D eigenvalue weighted by Crippen LogP contribution is 2.43. The molecule has 0 aromatic rings. The maximum absolute atomic E-state index is 12.7. The summed E-state index contributed by atoms with van der Waals surface area (Å²) in [6.45, 7) is -1.19. The summed E-state index contributed by atoms with van der Waals surface area (Å²) in [6, 6.07) is 0. The summed E-state index contributed by atoms with van der Waals surface area (Å²) in [4.78, 5) is 12.7. The standard InChI is InChI=1S/C65H114O37/c1-67-22-30-38-45(74-8)53(82-16)60(90-30)98-40-32(24-69-3)92-62(55(84-18)47(40)76-10)100-42-34(26-71-5)94-64(57(86-20)49(42)78-12)102-44-36(28-88-29-37(66)73-7)95-65(58(87-21)51(44)80-14)101-43-35(27-72-6)93-63(56(85-19)50(43)79-13)99-41-33(25-70-4)91-61(54(83-17)48(41)77-11)97-39-31(23-68-2)89-59(96-38)52(81-15)46(39)75-9/h30-36,38-65H,22-29H2,1-21H3/t30-,31-,32-,33-,34-,35-,36-,38-,39-,40-,41-,42-,43-,44-,45+,46+,47+,48+,49+,50+,51+,52-,53-,54-,55-,56-,57-,58-,59-,60-,61-,62-,63-,64-,65-/m1/s1. The van der Waals surface area contributed by atoms with Gasteiger partial charge in [-0.2, -0.15) is 0 Å². The van der Waals surface area contributed by atoms with Gasteiger partial charge in [-0.3, -0.25) is 0 Å². The van der Waals surface area contributed by atoms with Crippen molar-refractivity contribution < 1.29 is 175 Å². The molecule has 21 aliphatic heterocycles. The van der Waals surface area contributed by atoms with Gasteiger partial charge in [0.2, 0.25) is 0 Å². The van der Waals surface area contributed by atoms with Crippen molar-refractivity contribution in [3.63, 3.8) is 0 Å². The van der Waals surface area contributed by atoms with Crippen LogP contribution in [0, 0.1) is 0 Å². The predicted octanol–water partition coefficient (Wildman–Crippen LogP) is -1.95. The van der Waals surface area contributed by atoms with Crippen molar-refractivity contribution in [1.29, 1.82) is 0 Å². The minimum atomic E-state index is -1.34. The van der Waals surface area contributed by atoms with Crippen LogP contribution in [0.25, 0.3) is 0 Å². The van der Waals surface area contributed by atoms with Crippen molar-refractivity contribution in [2.24, 2.45) is 0 Å². The second kappa shape index (κ2) is 42.3. The molecule has 0 radical (unpaired) electrons. The Kier molecular flexibility index (Phi) is 35.5. The van der Waals surface area contributed by atoms with Crippen LogP contribution in [0.5, 0.6) is 0 Å². The third-order valence-electron chi connectivity index (χ3n) is 19.7. The molecule has 0 unspecified atom stereocenters. The Morgan fingerprint density at radius 3 is 0.480 bits per heavy atom. The van der Waals surface area contributed by atoms with Gasteiger partial charge < -0.3 is 171 Å². The smallest absolute Gasteiger partial charge is 0.331 e. The highest BCUT2D eigenvalue weighted by Gasteiger charge is 2.62. The third-order valence-corrected chi connectivity index (χ3v) is 19.7. The van der Waals surface area contributed by atoms with E-state index in [9.17, 15) is 4.79 Å². The van der Waals surface area contributed by atoms with E-state index < -0.39 is 228 Å². The summed E-state index contributed by atoms with van der Waals surface area (Å²) in [7, 11) is 31.0. The highest BCUT2D eigenvalue weighted by molar-refractivity contribution is 5.70. The Morgan fingerprint density at radius 1 is 0.206 bits per heavy atom. The largest absolute Gasteiger partial charge is 0.467 e. The molecule has 0 saturated carbocycles. The first-order chi connectivity index (χ1) is 49.6. The summed E-state index contributed by atoms with van der Waals surface area (Å²) in [5.74, 6) is -0.665. The van der Waals surface area contributed by atoms with Crippen LogP contribution in [0.1, 0.15) is 0 Å². The Labute approximate surface area is 596 Å². The normalized spacial score (nSPS) is 44.7. The molecular weight excluding hydrogens is 1370 g/mol. The summed E-state index contributed by atoms with van der Waals surface area (Å²) in [6.07, 6.45) is -37.8. The van der Waals surface area contributed by atoms with Crippen LogP contribution in [0.3, 0.4) is 0 Å². The fraction of sp³-hybridized carbons (Fsp3) is 0.985. The van der Waals surface area contributed by atoms with E-state index in [4.69, 9.17) is 171 Å². The molecule has 0 amide bonds. The van der Waals surface area contributed by atoms with E-state index in [0.717, 1.165) is 0 Å². The summed E-state index contributed by atoms with van der Waals surface area (Å²) < 4.78 is 231. The molecule has 14 bridgehead atoms. The molecule has 0 aromatic heterocycles. The van der Waals surface area contributed by atoms with Gasteiger partial charge in [0.05, 0.1) is 53.4 Å². The minimum Gasteiger partial charge on any atom is -0.467 e. The number of rotatable bonds is 30. The number of carbonyl (C=O) groups excluding carboxylic acids is 1. The van der Waals surface area contributed by atoms with Gasteiger partial charge >= 0.3 is 5.97 Å².